The fraction of sp³-hybridized carbons (Fsp3) is 0.875. The van der Waals surface area contributed by atoms with Gasteiger partial charge in [0.2, 0.25) is 0 Å². The van der Waals surface area contributed by atoms with E-state index in [1.54, 1.807) is 12.2 Å². The number of nitrogens with two attached hydrogens (primary N) is 1. The van der Waals surface area contributed by atoms with E-state index in [0.29, 0.717) is 6.42 Å². The topological polar surface area (TPSA) is 77.0 Å². The van der Waals surface area contributed by atoms with Crippen LogP contribution in [0, 0.1) is 0 Å². The van der Waals surface area contributed by atoms with E-state index in [2.05, 4.69) is 4.74 Å². The standard InChI is InChI=1S/C8H15NO4S/c1-6(8(10)13-2)9-7-3-4-14(11,12)5-7/h6-7,9H,3-5H2,1-2H3/p+1. The molecule has 2 unspecified atom stereocenters. The number of carbonyl (C=O) groups excluding carboxylic acids is 1. The van der Waals surface area contributed by atoms with Gasteiger partial charge in [-0.2, -0.15) is 0 Å². The average molecular weight is 222 g/mol. The number of sulfone groups is 1. The molecule has 5 nitrogen and oxygen atoms in total. The molecule has 0 bridgehead atoms. The van der Waals surface area contributed by atoms with Gasteiger partial charge >= 0.3 is 5.97 Å². The molecule has 0 saturated carbocycles. The van der Waals surface area contributed by atoms with Gasteiger partial charge in [0.05, 0.1) is 12.9 Å². The van der Waals surface area contributed by atoms with Crippen LogP contribution in [0.3, 0.4) is 0 Å². The van der Waals surface area contributed by atoms with E-state index in [1.165, 1.54) is 7.11 Å². The Labute approximate surface area is 83.7 Å². The first-order valence-corrected chi connectivity index (χ1v) is 6.40. The Morgan fingerprint density at radius 3 is 2.64 bits per heavy atom. The van der Waals surface area contributed by atoms with Gasteiger partial charge in [0, 0.05) is 6.42 Å². The highest BCUT2D eigenvalue weighted by Crippen LogP contribution is 2.07. The molecular formula is C8H16NO4S+. The average Bonchev–Trinajstić information content (AvgIpc) is 2.44. The lowest BCUT2D eigenvalue weighted by Gasteiger charge is -2.12. The zero-order valence-electron chi connectivity index (χ0n) is 8.39. The van der Waals surface area contributed by atoms with Crippen molar-refractivity contribution < 1.29 is 23.3 Å². The van der Waals surface area contributed by atoms with Crippen molar-refractivity contribution in [2.75, 3.05) is 18.6 Å². The molecule has 82 valence electrons. The van der Waals surface area contributed by atoms with Crippen LogP contribution >= 0.6 is 0 Å². The Morgan fingerprint density at radius 1 is 1.57 bits per heavy atom. The molecule has 0 aromatic heterocycles. The quantitative estimate of drug-likeness (QED) is 0.577. The maximum Gasteiger partial charge on any atom is 0.364 e. The van der Waals surface area contributed by atoms with Gasteiger partial charge in [-0.05, 0) is 6.92 Å². The smallest absolute Gasteiger partial charge is 0.364 e. The molecule has 1 saturated heterocycles. The maximum atomic E-state index is 11.1. The van der Waals surface area contributed by atoms with E-state index in [9.17, 15) is 13.2 Å². The summed E-state index contributed by atoms with van der Waals surface area (Å²) in [6, 6.07) is -0.313. The van der Waals surface area contributed by atoms with Gasteiger partial charge in [-0.3, -0.25) is 0 Å². The molecule has 1 fully saturated rings. The fourth-order valence-corrected chi connectivity index (χ4v) is 3.41. The zero-order chi connectivity index (χ0) is 10.8. The van der Waals surface area contributed by atoms with Crippen LogP contribution in [-0.4, -0.2) is 45.1 Å². The molecule has 1 heterocycles. The number of quaternary nitrogens is 1. The summed E-state index contributed by atoms with van der Waals surface area (Å²) in [6.45, 7) is 1.72. The molecule has 2 atom stereocenters. The van der Waals surface area contributed by atoms with Crippen LogP contribution in [0.15, 0.2) is 0 Å². The van der Waals surface area contributed by atoms with Crippen molar-refractivity contribution in [3.05, 3.63) is 0 Å². The van der Waals surface area contributed by atoms with Gasteiger partial charge < -0.3 is 10.1 Å². The minimum absolute atomic E-state index is 0.00843. The van der Waals surface area contributed by atoms with Crippen molar-refractivity contribution in [3.63, 3.8) is 0 Å². The molecule has 1 rings (SSSR count). The number of ether oxygens (including phenoxy) is 1. The van der Waals surface area contributed by atoms with E-state index in [-0.39, 0.29) is 29.6 Å². The fourth-order valence-electron chi connectivity index (χ4n) is 1.65. The number of rotatable bonds is 3. The first-order valence-electron chi connectivity index (χ1n) is 4.58. The van der Waals surface area contributed by atoms with Crippen molar-refractivity contribution in [2.45, 2.75) is 25.4 Å². The number of esters is 1. The van der Waals surface area contributed by atoms with E-state index in [1.807, 2.05) is 0 Å². The second-order valence-electron chi connectivity index (χ2n) is 3.67. The van der Waals surface area contributed by atoms with Gasteiger partial charge in [0.15, 0.2) is 15.9 Å². The normalized spacial score (nSPS) is 27.1. The predicted octanol–water partition coefficient (Wildman–Crippen LogP) is -1.70. The summed E-state index contributed by atoms with van der Waals surface area (Å²) in [5.41, 5.74) is 0. The highest BCUT2D eigenvalue weighted by molar-refractivity contribution is 7.91. The summed E-state index contributed by atoms with van der Waals surface area (Å²) >= 11 is 0. The molecule has 0 aromatic rings. The van der Waals surface area contributed by atoms with Gasteiger partial charge in [-0.15, -0.1) is 0 Å². The lowest BCUT2D eigenvalue weighted by atomic mass is 10.2. The second kappa shape index (κ2) is 4.27. The first-order chi connectivity index (χ1) is 6.44. The van der Waals surface area contributed by atoms with Gasteiger partial charge in [-0.25, -0.2) is 13.2 Å². The van der Waals surface area contributed by atoms with Crippen LogP contribution in [-0.2, 0) is 19.4 Å². The second-order valence-corrected chi connectivity index (χ2v) is 5.90. The number of hydrogen-bond acceptors (Lipinski definition) is 4. The summed E-state index contributed by atoms with van der Waals surface area (Å²) in [5.74, 6) is 0.102. The van der Waals surface area contributed by atoms with Crippen molar-refractivity contribution in [2.24, 2.45) is 0 Å². The lowest BCUT2D eigenvalue weighted by molar-refractivity contribution is -0.703. The lowest BCUT2D eigenvalue weighted by Crippen LogP contribution is -2.96. The van der Waals surface area contributed by atoms with Crippen molar-refractivity contribution >= 4 is 15.8 Å². The SMILES string of the molecule is COC(=O)C(C)[NH2+]C1CCS(=O)(=O)C1. The molecule has 0 radical (unpaired) electrons. The van der Waals surface area contributed by atoms with Crippen LogP contribution in [0.2, 0.25) is 0 Å². The third-order valence-electron chi connectivity index (χ3n) is 2.40. The maximum absolute atomic E-state index is 11.1. The zero-order valence-corrected chi connectivity index (χ0v) is 9.21. The largest absolute Gasteiger partial charge is 0.465 e. The molecule has 0 amide bonds. The number of hydrogen-bond donors (Lipinski definition) is 1. The summed E-state index contributed by atoms with van der Waals surface area (Å²) in [4.78, 5) is 11.1. The molecule has 6 heteroatoms. The van der Waals surface area contributed by atoms with Crippen LogP contribution in [0.25, 0.3) is 0 Å². The van der Waals surface area contributed by atoms with Crippen molar-refractivity contribution in [1.82, 2.24) is 0 Å². The van der Waals surface area contributed by atoms with Gasteiger partial charge in [0.25, 0.3) is 0 Å². The third-order valence-corrected chi connectivity index (χ3v) is 4.20. The van der Waals surface area contributed by atoms with E-state index >= 15 is 0 Å². The molecular weight excluding hydrogens is 206 g/mol. The Balaban J connectivity index is 2.43. The Kier molecular flexibility index (Phi) is 3.49. The molecule has 1 aliphatic rings. The van der Waals surface area contributed by atoms with Gasteiger partial charge in [0.1, 0.15) is 11.8 Å². The number of methoxy groups -OCH3 is 1. The van der Waals surface area contributed by atoms with Crippen LogP contribution in [0.5, 0.6) is 0 Å². The summed E-state index contributed by atoms with van der Waals surface area (Å²) in [7, 11) is -1.53. The summed E-state index contributed by atoms with van der Waals surface area (Å²) in [6.07, 6.45) is 0.629. The molecule has 0 aliphatic carbocycles. The third kappa shape index (κ3) is 2.95. The van der Waals surface area contributed by atoms with Crippen molar-refractivity contribution in [3.8, 4) is 0 Å². The predicted molar refractivity (Wildman–Crippen MR) is 50.5 cm³/mol. The molecule has 1 aliphatic heterocycles. The molecule has 2 N–H and O–H groups in total. The van der Waals surface area contributed by atoms with E-state index < -0.39 is 9.84 Å². The first kappa shape index (κ1) is 11.5. The minimum Gasteiger partial charge on any atom is -0.465 e. The van der Waals surface area contributed by atoms with Gasteiger partial charge in [-0.1, -0.05) is 0 Å². The Hall–Kier alpha value is -0.620. The highest BCUT2D eigenvalue weighted by Gasteiger charge is 2.33. The monoisotopic (exact) mass is 222 g/mol. The summed E-state index contributed by atoms with van der Waals surface area (Å²) < 4.78 is 26.8. The Morgan fingerprint density at radius 2 is 2.21 bits per heavy atom. The van der Waals surface area contributed by atoms with E-state index in [0.717, 1.165) is 0 Å². The summed E-state index contributed by atoms with van der Waals surface area (Å²) in [5, 5.41) is 1.77. The number of carbonyl (C=O) groups is 1. The minimum atomic E-state index is -2.86. The highest BCUT2D eigenvalue weighted by atomic mass is 32.2. The van der Waals surface area contributed by atoms with Crippen LogP contribution < -0.4 is 5.32 Å². The van der Waals surface area contributed by atoms with Crippen molar-refractivity contribution in [1.29, 1.82) is 0 Å². The van der Waals surface area contributed by atoms with Crippen LogP contribution in [0.4, 0.5) is 0 Å². The molecule has 0 aromatic carbocycles. The molecule has 0 spiro atoms. The molecule has 14 heavy (non-hydrogen) atoms. The Bertz CT molecular complexity index is 311. The van der Waals surface area contributed by atoms with E-state index in [4.69, 9.17) is 0 Å². The van der Waals surface area contributed by atoms with Crippen LogP contribution in [0.1, 0.15) is 13.3 Å².